The Labute approximate surface area is 221 Å². The van der Waals surface area contributed by atoms with Crippen molar-refractivity contribution in [1.29, 1.82) is 0 Å². The summed E-state index contributed by atoms with van der Waals surface area (Å²) in [6.07, 6.45) is 3.52. The SMILES string of the molecule is COc1cc(-c2oc3ccc(C(CC=O)N4CCN(Cc5ccccc5)CC4)cc3c2SC)ccc1O. The number of methoxy groups -OCH3 is 1. The van der Waals surface area contributed by atoms with Crippen LogP contribution in [0.25, 0.3) is 22.3 Å². The van der Waals surface area contributed by atoms with E-state index in [1.54, 1.807) is 23.9 Å². The van der Waals surface area contributed by atoms with Gasteiger partial charge in [0.05, 0.1) is 12.0 Å². The molecule has 7 heteroatoms. The summed E-state index contributed by atoms with van der Waals surface area (Å²) in [7, 11) is 1.54. The predicted octanol–water partition coefficient (Wildman–Crippen LogP) is 5.98. The van der Waals surface area contributed by atoms with Crippen LogP contribution in [0.4, 0.5) is 0 Å². The van der Waals surface area contributed by atoms with Gasteiger partial charge in [-0.25, -0.2) is 0 Å². The van der Waals surface area contributed by atoms with E-state index in [9.17, 15) is 9.90 Å². The van der Waals surface area contributed by atoms with E-state index >= 15 is 0 Å². The molecular formula is C30H32N2O4S. The van der Waals surface area contributed by atoms with Gasteiger partial charge in [0, 0.05) is 56.1 Å². The second-order valence-corrected chi connectivity index (χ2v) is 10.1. The number of hydrogen-bond donors (Lipinski definition) is 1. The number of benzene rings is 3. The van der Waals surface area contributed by atoms with Crippen molar-refractivity contribution in [3.05, 3.63) is 77.9 Å². The highest BCUT2D eigenvalue weighted by Gasteiger charge is 2.26. The average Bonchev–Trinajstić information content (AvgIpc) is 3.31. The van der Waals surface area contributed by atoms with Crippen molar-refractivity contribution in [1.82, 2.24) is 9.80 Å². The first-order valence-electron chi connectivity index (χ1n) is 12.5. The molecule has 1 aromatic heterocycles. The number of carbonyl (C=O) groups excluding carboxylic acids is 1. The predicted molar refractivity (Wildman–Crippen MR) is 148 cm³/mol. The van der Waals surface area contributed by atoms with E-state index in [1.165, 1.54) is 12.7 Å². The lowest BCUT2D eigenvalue weighted by molar-refractivity contribution is -0.109. The quantitative estimate of drug-likeness (QED) is 0.217. The van der Waals surface area contributed by atoms with E-state index in [0.717, 1.165) is 71.8 Å². The molecule has 4 aromatic rings. The Morgan fingerprint density at radius 1 is 1.05 bits per heavy atom. The Balaban J connectivity index is 1.40. The molecule has 5 rings (SSSR count). The molecule has 0 radical (unpaired) electrons. The molecule has 1 aliphatic rings. The summed E-state index contributed by atoms with van der Waals surface area (Å²) in [4.78, 5) is 17.6. The van der Waals surface area contributed by atoms with Gasteiger partial charge < -0.3 is 19.1 Å². The molecule has 3 aromatic carbocycles. The van der Waals surface area contributed by atoms with Gasteiger partial charge in [0.15, 0.2) is 11.5 Å². The Hall–Kier alpha value is -3.26. The van der Waals surface area contributed by atoms with Gasteiger partial charge in [-0.1, -0.05) is 36.4 Å². The van der Waals surface area contributed by atoms with Gasteiger partial charge in [0.1, 0.15) is 17.6 Å². The average molecular weight is 517 g/mol. The standard InChI is InChI=1S/C30H32N2O4S/c1-35-28-19-23(8-10-26(28)34)29-30(37-2)24-18-22(9-11-27(24)36-29)25(12-17-33)32-15-13-31(14-16-32)20-21-6-4-3-5-7-21/h3-11,17-19,25,34H,12-16,20H2,1-2H3. The second-order valence-electron chi connectivity index (χ2n) is 9.32. The van der Waals surface area contributed by atoms with Crippen LogP contribution in [-0.2, 0) is 11.3 Å². The zero-order chi connectivity index (χ0) is 25.8. The zero-order valence-electron chi connectivity index (χ0n) is 21.2. The molecule has 1 unspecified atom stereocenters. The van der Waals surface area contributed by atoms with E-state index in [1.807, 2.05) is 18.4 Å². The highest BCUT2D eigenvalue weighted by molar-refractivity contribution is 7.99. The number of furan rings is 1. The van der Waals surface area contributed by atoms with Crippen LogP contribution in [0.2, 0.25) is 0 Å². The van der Waals surface area contributed by atoms with Crippen LogP contribution in [0.1, 0.15) is 23.6 Å². The summed E-state index contributed by atoms with van der Waals surface area (Å²) >= 11 is 1.63. The molecule has 2 heterocycles. The van der Waals surface area contributed by atoms with Crippen molar-refractivity contribution in [2.75, 3.05) is 39.5 Å². The summed E-state index contributed by atoms with van der Waals surface area (Å²) in [5.74, 6) is 1.25. The fraction of sp³-hybridized carbons (Fsp3) is 0.300. The maximum absolute atomic E-state index is 11.7. The van der Waals surface area contributed by atoms with Gasteiger partial charge in [-0.3, -0.25) is 9.80 Å². The third-order valence-electron chi connectivity index (χ3n) is 7.11. The molecule has 1 saturated heterocycles. The lowest BCUT2D eigenvalue weighted by Gasteiger charge is -2.39. The van der Waals surface area contributed by atoms with Crippen LogP contribution < -0.4 is 4.74 Å². The molecule has 192 valence electrons. The fourth-order valence-electron chi connectivity index (χ4n) is 5.17. The van der Waals surface area contributed by atoms with Gasteiger partial charge in [-0.2, -0.15) is 0 Å². The minimum absolute atomic E-state index is 0.0302. The Kier molecular flexibility index (Phi) is 7.84. The molecule has 0 aliphatic carbocycles. The fourth-order valence-corrected chi connectivity index (χ4v) is 5.90. The first kappa shape index (κ1) is 25.4. The van der Waals surface area contributed by atoms with Crippen molar-refractivity contribution < 1.29 is 19.1 Å². The van der Waals surface area contributed by atoms with Crippen molar-refractivity contribution in [2.45, 2.75) is 23.9 Å². The van der Waals surface area contributed by atoms with E-state index in [-0.39, 0.29) is 11.8 Å². The normalized spacial score (nSPS) is 15.6. The minimum atomic E-state index is 0.0302. The molecule has 1 fully saturated rings. The first-order valence-corrected chi connectivity index (χ1v) is 13.8. The van der Waals surface area contributed by atoms with Crippen LogP contribution in [-0.4, -0.2) is 60.7 Å². The number of piperazine rings is 1. The van der Waals surface area contributed by atoms with Gasteiger partial charge >= 0.3 is 0 Å². The Bertz CT molecular complexity index is 1360. The highest BCUT2D eigenvalue weighted by Crippen LogP contribution is 2.42. The summed E-state index contributed by atoms with van der Waals surface area (Å²) in [5.41, 5.74) is 4.10. The number of aldehydes is 1. The number of ether oxygens (including phenoxy) is 1. The first-order chi connectivity index (χ1) is 18.1. The summed E-state index contributed by atoms with van der Waals surface area (Å²) < 4.78 is 11.6. The van der Waals surface area contributed by atoms with Crippen LogP contribution >= 0.6 is 11.8 Å². The maximum Gasteiger partial charge on any atom is 0.161 e. The van der Waals surface area contributed by atoms with Gasteiger partial charge in [0.25, 0.3) is 0 Å². The van der Waals surface area contributed by atoms with E-state index in [0.29, 0.717) is 12.2 Å². The third-order valence-corrected chi connectivity index (χ3v) is 7.93. The van der Waals surface area contributed by atoms with Crippen molar-refractivity contribution in [3.8, 4) is 22.8 Å². The number of fused-ring (bicyclic) bond motifs is 1. The maximum atomic E-state index is 11.7. The molecule has 0 amide bonds. The largest absolute Gasteiger partial charge is 0.504 e. The lowest BCUT2D eigenvalue weighted by atomic mass is 10.00. The molecule has 0 saturated carbocycles. The summed E-state index contributed by atoms with van der Waals surface area (Å²) in [5, 5.41) is 11.0. The molecule has 1 atom stereocenters. The van der Waals surface area contributed by atoms with Gasteiger partial charge in [-0.15, -0.1) is 11.8 Å². The number of aromatic hydroxyl groups is 1. The van der Waals surface area contributed by atoms with E-state index in [2.05, 4.69) is 52.3 Å². The van der Waals surface area contributed by atoms with Gasteiger partial charge in [0.2, 0.25) is 0 Å². The number of hydrogen-bond acceptors (Lipinski definition) is 7. The van der Waals surface area contributed by atoms with Crippen LogP contribution in [0, 0.1) is 0 Å². The molecule has 37 heavy (non-hydrogen) atoms. The van der Waals surface area contributed by atoms with Crippen LogP contribution in [0.3, 0.4) is 0 Å². The number of nitrogens with zero attached hydrogens (tertiary/aromatic N) is 2. The monoisotopic (exact) mass is 516 g/mol. The number of carbonyl (C=O) groups is 1. The van der Waals surface area contributed by atoms with Crippen molar-refractivity contribution in [2.24, 2.45) is 0 Å². The lowest BCUT2D eigenvalue weighted by Crippen LogP contribution is -2.47. The Morgan fingerprint density at radius 3 is 2.54 bits per heavy atom. The van der Waals surface area contributed by atoms with Crippen LogP contribution in [0.5, 0.6) is 11.5 Å². The second kappa shape index (κ2) is 11.4. The molecule has 6 nitrogen and oxygen atoms in total. The van der Waals surface area contributed by atoms with Gasteiger partial charge in [-0.05, 0) is 47.7 Å². The smallest absolute Gasteiger partial charge is 0.161 e. The summed E-state index contributed by atoms with van der Waals surface area (Å²) in [6.45, 7) is 4.74. The molecular weight excluding hydrogens is 484 g/mol. The summed E-state index contributed by atoms with van der Waals surface area (Å²) in [6, 6.07) is 22.1. The topological polar surface area (TPSA) is 66.2 Å². The van der Waals surface area contributed by atoms with E-state index < -0.39 is 0 Å². The Morgan fingerprint density at radius 2 is 1.84 bits per heavy atom. The molecule has 1 N–H and O–H groups in total. The third kappa shape index (κ3) is 5.39. The van der Waals surface area contributed by atoms with E-state index in [4.69, 9.17) is 9.15 Å². The highest BCUT2D eigenvalue weighted by atomic mass is 32.2. The molecule has 0 spiro atoms. The molecule has 0 bridgehead atoms. The van der Waals surface area contributed by atoms with Crippen molar-refractivity contribution in [3.63, 3.8) is 0 Å². The zero-order valence-corrected chi connectivity index (χ0v) is 22.0. The van der Waals surface area contributed by atoms with Crippen LogP contribution in [0.15, 0.2) is 76.0 Å². The number of phenols is 1. The number of phenolic OH excluding ortho intramolecular Hbond substituents is 1. The number of rotatable bonds is 9. The minimum Gasteiger partial charge on any atom is -0.504 e. The molecule has 1 aliphatic heterocycles. The van der Waals surface area contributed by atoms with Crippen molar-refractivity contribution >= 4 is 29.0 Å². The number of thioether (sulfide) groups is 1.